The minimum absolute atomic E-state index is 0.0269. The van der Waals surface area contributed by atoms with Gasteiger partial charge in [-0.15, -0.1) is 0 Å². The van der Waals surface area contributed by atoms with Gasteiger partial charge in [-0.2, -0.15) is 0 Å². The molecule has 2 aliphatic rings. The van der Waals surface area contributed by atoms with E-state index in [4.69, 9.17) is 0 Å². The highest BCUT2D eigenvalue weighted by Gasteiger charge is 2.44. The smallest absolute Gasteiger partial charge is 0.252 e. The van der Waals surface area contributed by atoms with Crippen LogP contribution in [0.15, 0.2) is 188 Å². The van der Waals surface area contributed by atoms with E-state index in [1.54, 1.807) is 0 Å². The number of fused-ring (bicyclic) bond motifs is 13. The summed E-state index contributed by atoms with van der Waals surface area (Å²) in [6.45, 7) is 14.0. The minimum Gasteiger partial charge on any atom is -0.311 e. The van der Waals surface area contributed by atoms with E-state index in [2.05, 4.69) is 248 Å². The maximum atomic E-state index is 2.58. The van der Waals surface area contributed by atoms with Gasteiger partial charge in [-0.25, -0.2) is 0 Å². The zero-order chi connectivity index (χ0) is 45.1. The fraction of sp³-hybridized carbons (Fsp3) is 0.129. The number of anilines is 6. The van der Waals surface area contributed by atoms with E-state index in [0.29, 0.717) is 0 Å². The molecule has 0 saturated heterocycles. The predicted molar refractivity (Wildman–Crippen MR) is 287 cm³/mol. The molecule has 0 amide bonds. The van der Waals surface area contributed by atoms with Gasteiger partial charge in [-0.05, 0) is 123 Å². The van der Waals surface area contributed by atoms with Crippen molar-refractivity contribution >= 4 is 117 Å². The topological polar surface area (TPSA) is 15.8 Å². The second-order valence-corrected chi connectivity index (χ2v) is 21.0. The Balaban J connectivity index is 1.15. The second-order valence-electron chi connectivity index (χ2n) is 21.0. The molecular weight excluding hydrogens is 812 g/mol. The number of rotatable bonds is 3. The zero-order valence-electron chi connectivity index (χ0n) is 38.8. The normalized spacial score (nSPS) is 13.7. The molecule has 0 unspecified atom stereocenters. The van der Waals surface area contributed by atoms with Crippen LogP contribution in [0.4, 0.5) is 34.1 Å². The molecule has 0 fully saturated rings. The average Bonchev–Trinajstić information content (AvgIpc) is 3.97. The Labute approximate surface area is 391 Å². The molecule has 0 saturated carbocycles. The Kier molecular flexibility index (Phi) is 7.71. The van der Waals surface area contributed by atoms with E-state index in [1.165, 1.54) is 110 Å². The maximum Gasteiger partial charge on any atom is 0.252 e. The first-order valence-electron chi connectivity index (χ1n) is 23.8. The second kappa shape index (κ2) is 13.4. The van der Waals surface area contributed by atoms with Crippen LogP contribution in [0.25, 0.3) is 65.6 Å². The molecule has 320 valence electrons. The van der Waals surface area contributed by atoms with Crippen LogP contribution in [0, 0.1) is 0 Å². The van der Waals surface area contributed by atoms with Crippen LogP contribution in [0.1, 0.15) is 52.7 Å². The van der Waals surface area contributed by atoms with Crippen LogP contribution in [-0.4, -0.2) is 15.7 Å². The summed E-state index contributed by atoms with van der Waals surface area (Å²) in [4.78, 5) is 5.09. The summed E-state index contributed by atoms with van der Waals surface area (Å²) in [5, 5.41) is 7.79. The summed E-state index contributed by atoms with van der Waals surface area (Å²) in [5.41, 5.74) is 21.1. The van der Waals surface area contributed by atoms with Crippen molar-refractivity contribution in [3.05, 3.63) is 199 Å². The standard InChI is InChI=1S/C62H49BN4/c1-61(2,3)38-29-30-53-45(31-38)47-32-39(62(4,5)6)33-48-46-36-50-56(37-55(46)67(53)60(47)48)65(41-21-11-8-12-22-41)58-35-42(66-51-26-16-13-23-43(51)44-24-14-17-27-52(44)66)34-57-59(58)63(50)49-25-15-18-28-54(49)64(57)40-19-9-7-10-20-40/h7-37H,1-6H3. The number of para-hydroxylation sites is 5. The summed E-state index contributed by atoms with van der Waals surface area (Å²) in [6, 6.07) is 71.2. The third-order valence-corrected chi connectivity index (χ3v) is 15.1. The van der Waals surface area contributed by atoms with E-state index in [0.717, 1.165) is 17.1 Å². The number of benzene rings is 9. The monoisotopic (exact) mass is 860 g/mol. The highest BCUT2D eigenvalue weighted by Crippen LogP contribution is 2.49. The Morgan fingerprint density at radius 1 is 0.343 bits per heavy atom. The molecule has 0 radical (unpaired) electrons. The van der Waals surface area contributed by atoms with Crippen molar-refractivity contribution in [1.82, 2.24) is 8.97 Å². The third-order valence-electron chi connectivity index (χ3n) is 15.1. The molecule has 0 atom stereocenters. The molecular formula is C62H49BN4. The number of aromatic nitrogens is 2. The van der Waals surface area contributed by atoms with Crippen molar-refractivity contribution in [1.29, 1.82) is 0 Å². The van der Waals surface area contributed by atoms with Crippen LogP contribution in [0.3, 0.4) is 0 Å². The summed E-state index contributed by atoms with van der Waals surface area (Å²) >= 11 is 0. The van der Waals surface area contributed by atoms with Crippen LogP contribution in [0.2, 0.25) is 0 Å². The molecule has 9 aromatic carbocycles. The van der Waals surface area contributed by atoms with Gasteiger partial charge in [0, 0.05) is 66.4 Å². The van der Waals surface area contributed by atoms with E-state index in [9.17, 15) is 0 Å². The lowest BCUT2D eigenvalue weighted by atomic mass is 9.33. The van der Waals surface area contributed by atoms with Crippen molar-refractivity contribution in [2.45, 2.75) is 52.4 Å². The van der Waals surface area contributed by atoms with Crippen LogP contribution < -0.4 is 26.2 Å². The molecule has 0 aliphatic carbocycles. The molecule has 67 heavy (non-hydrogen) atoms. The lowest BCUT2D eigenvalue weighted by Gasteiger charge is -2.44. The van der Waals surface area contributed by atoms with Gasteiger partial charge >= 0.3 is 0 Å². The van der Waals surface area contributed by atoms with E-state index in [1.807, 2.05) is 0 Å². The zero-order valence-corrected chi connectivity index (χ0v) is 38.8. The number of nitrogens with zero attached hydrogens (tertiary/aromatic N) is 4. The maximum absolute atomic E-state index is 2.58. The first-order chi connectivity index (χ1) is 32.5. The minimum atomic E-state index is -0.0348. The lowest BCUT2D eigenvalue weighted by molar-refractivity contribution is 0.590. The summed E-state index contributed by atoms with van der Waals surface area (Å²) < 4.78 is 5.07. The molecule has 2 aliphatic heterocycles. The molecule has 5 heterocycles. The van der Waals surface area contributed by atoms with Crippen LogP contribution >= 0.6 is 0 Å². The lowest BCUT2D eigenvalue weighted by Crippen LogP contribution is -2.61. The Morgan fingerprint density at radius 3 is 1.48 bits per heavy atom. The van der Waals surface area contributed by atoms with Crippen molar-refractivity contribution in [3.63, 3.8) is 0 Å². The summed E-state index contributed by atoms with van der Waals surface area (Å²) in [5.74, 6) is 0. The molecule has 12 aromatic rings. The van der Waals surface area contributed by atoms with Gasteiger partial charge < -0.3 is 18.8 Å². The fourth-order valence-corrected chi connectivity index (χ4v) is 11.9. The average molecular weight is 861 g/mol. The van der Waals surface area contributed by atoms with Crippen LogP contribution in [-0.2, 0) is 10.8 Å². The van der Waals surface area contributed by atoms with Crippen LogP contribution in [0.5, 0.6) is 0 Å². The van der Waals surface area contributed by atoms with Crippen molar-refractivity contribution < 1.29 is 0 Å². The Morgan fingerprint density at radius 2 is 0.866 bits per heavy atom. The molecule has 3 aromatic heterocycles. The first-order valence-corrected chi connectivity index (χ1v) is 23.8. The summed E-state index contributed by atoms with van der Waals surface area (Å²) in [7, 11) is 0. The molecule has 4 nitrogen and oxygen atoms in total. The molecule has 5 heteroatoms. The molecule has 0 N–H and O–H groups in total. The van der Waals surface area contributed by atoms with E-state index >= 15 is 0 Å². The fourth-order valence-electron chi connectivity index (χ4n) is 11.9. The highest BCUT2D eigenvalue weighted by molar-refractivity contribution is 7.00. The number of hydrogen-bond acceptors (Lipinski definition) is 2. The largest absolute Gasteiger partial charge is 0.311 e. The molecule has 0 bridgehead atoms. The number of hydrogen-bond donors (Lipinski definition) is 0. The SMILES string of the molecule is CC(C)(C)c1ccc2c(c1)c1cc(C(C)(C)C)cc3c4cc5c(cc4n2c13)N(c1ccccc1)c1cc(-n2c3ccccc3c3ccccc32)cc2c1B5c1ccccc1N2c1ccccc1. The van der Waals surface area contributed by atoms with Gasteiger partial charge in [0.05, 0.1) is 33.3 Å². The third kappa shape index (κ3) is 5.31. The molecule has 14 rings (SSSR count). The van der Waals surface area contributed by atoms with E-state index < -0.39 is 0 Å². The van der Waals surface area contributed by atoms with Crippen molar-refractivity contribution in [2.75, 3.05) is 9.80 Å². The van der Waals surface area contributed by atoms with E-state index in [-0.39, 0.29) is 17.5 Å². The Hall–Kier alpha value is -7.76. The predicted octanol–water partition coefficient (Wildman–Crippen LogP) is 14.6. The first kappa shape index (κ1) is 38.5. The van der Waals surface area contributed by atoms with Gasteiger partial charge in [-0.3, -0.25) is 0 Å². The van der Waals surface area contributed by atoms with Gasteiger partial charge in [0.1, 0.15) is 0 Å². The summed E-state index contributed by atoms with van der Waals surface area (Å²) in [6.07, 6.45) is 0. The highest BCUT2D eigenvalue weighted by atomic mass is 15.2. The van der Waals surface area contributed by atoms with Gasteiger partial charge in [0.25, 0.3) is 6.71 Å². The quantitative estimate of drug-likeness (QED) is 0.165. The molecule has 0 spiro atoms. The van der Waals surface area contributed by atoms with Gasteiger partial charge in [0.15, 0.2) is 0 Å². The van der Waals surface area contributed by atoms with Gasteiger partial charge in [0.2, 0.25) is 0 Å². The van der Waals surface area contributed by atoms with Crippen molar-refractivity contribution in [3.8, 4) is 5.69 Å². The Bertz CT molecular complexity index is 3960. The van der Waals surface area contributed by atoms with Crippen molar-refractivity contribution in [2.24, 2.45) is 0 Å². The van der Waals surface area contributed by atoms with Gasteiger partial charge in [-0.1, -0.05) is 145 Å².